The molecule has 0 aromatic heterocycles. The van der Waals surface area contributed by atoms with E-state index < -0.39 is 0 Å². The quantitative estimate of drug-likeness (QED) is 0.765. The van der Waals surface area contributed by atoms with E-state index in [-0.39, 0.29) is 17.9 Å². The second-order valence-corrected chi connectivity index (χ2v) is 6.35. The lowest BCUT2D eigenvalue weighted by atomic mass is 10.2. The number of amides is 2. The van der Waals surface area contributed by atoms with Crippen molar-refractivity contribution in [1.82, 2.24) is 15.1 Å². The van der Waals surface area contributed by atoms with Gasteiger partial charge in [0.05, 0.1) is 6.54 Å². The van der Waals surface area contributed by atoms with E-state index in [2.05, 4.69) is 10.2 Å². The van der Waals surface area contributed by atoms with Crippen molar-refractivity contribution >= 4 is 11.8 Å². The predicted molar refractivity (Wildman–Crippen MR) is 77.7 cm³/mol. The van der Waals surface area contributed by atoms with Crippen LogP contribution in [0.15, 0.2) is 0 Å². The van der Waals surface area contributed by atoms with E-state index in [9.17, 15) is 9.59 Å². The van der Waals surface area contributed by atoms with Crippen molar-refractivity contribution in [2.24, 2.45) is 5.92 Å². The van der Waals surface area contributed by atoms with E-state index >= 15 is 0 Å². The van der Waals surface area contributed by atoms with Gasteiger partial charge >= 0.3 is 0 Å². The highest BCUT2D eigenvalue weighted by Crippen LogP contribution is 2.27. The van der Waals surface area contributed by atoms with Gasteiger partial charge in [-0.05, 0) is 31.6 Å². The van der Waals surface area contributed by atoms with Crippen LogP contribution in [0.3, 0.4) is 0 Å². The summed E-state index contributed by atoms with van der Waals surface area (Å²) in [6.45, 7) is 4.94. The third-order valence-electron chi connectivity index (χ3n) is 4.54. The molecule has 1 N–H and O–H groups in total. The third-order valence-corrected chi connectivity index (χ3v) is 4.54. The number of rotatable bonds is 5. The lowest BCUT2D eigenvalue weighted by molar-refractivity contribution is -0.142. The van der Waals surface area contributed by atoms with Crippen LogP contribution in [0.5, 0.6) is 0 Å². The van der Waals surface area contributed by atoms with Crippen molar-refractivity contribution in [3.63, 3.8) is 0 Å². The molecule has 0 spiro atoms. The van der Waals surface area contributed by atoms with Gasteiger partial charge in [-0.2, -0.15) is 0 Å². The monoisotopic (exact) mass is 295 g/mol. The normalized spacial score (nSPS) is 26.9. The molecule has 3 fully saturated rings. The second kappa shape index (κ2) is 6.75. The van der Waals surface area contributed by atoms with Crippen LogP contribution in [0.1, 0.15) is 25.7 Å². The summed E-state index contributed by atoms with van der Waals surface area (Å²) in [5, 5.41) is 2.99. The Kier molecular flexibility index (Phi) is 4.75. The summed E-state index contributed by atoms with van der Waals surface area (Å²) in [5.74, 6) is 0.959. The van der Waals surface area contributed by atoms with Crippen LogP contribution >= 0.6 is 0 Å². The third kappa shape index (κ3) is 4.17. The van der Waals surface area contributed by atoms with Crippen LogP contribution in [-0.2, 0) is 14.3 Å². The molecule has 0 aromatic rings. The zero-order chi connectivity index (χ0) is 14.7. The van der Waals surface area contributed by atoms with Gasteiger partial charge in [0.2, 0.25) is 5.91 Å². The van der Waals surface area contributed by atoms with Crippen molar-refractivity contribution < 1.29 is 14.3 Å². The highest BCUT2D eigenvalue weighted by atomic mass is 16.5. The molecule has 2 amide bonds. The van der Waals surface area contributed by atoms with E-state index in [0.717, 1.165) is 38.4 Å². The molecule has 0 bridgehead atoms. The number of carbonyl (C=O) groups is 2. The molecule has 1 saturated carbocycles. The SMILES string of the molecule is O=C(CN1CCN(C(=O)C2CCCO2)CC1)NCC1CC1. The van der Waals surface area contributed by atoms with Gasteiger partial charge in [-0.3, -0.25) is 14.5 Å². The molecular formula is C15H25N3O3. The lowest BCUT2D eigenvalue weighted by Crippen LogP contribution is -2.53. The van der Waals surface area contributed by atoms with Gasteiger partial charge < -0.3 is 15.0 Å². The molecule has 3 aliphatic rings. The van der Waals surface area contributed by atoms with Crippen LogP contribution in [0, 0.1) is 5.92 Å². The Morgan fingerprint density at radius 3 is 2.48 bits per heavy atom. The Bertz CT molecular complexity index is 384. The minimum atomic E-state index is -0.224. The molecule has 6 nitrogen and oxygen atoms in total. The largest absolute Gasteiger partial charge is 0.368 e. The fraction of sp³-hybridized carbons (Fsp3) is 0.867. The van der Waals surface area contributed by atoms with Crippen molar-refractivity contribution in [2.45, 2.75) is 31.8 Å². The number of piperazine rings is 1. The van der Waals surface area contributed by atoms with E-state index in [1.807, 2.05) is 4.90 Å². The van der Waals surface area contributed by atoms with Crippen LogP contribution in [0.2, 0.25) is 0 Å². The van der Waals surface area contributed by atoms with Crippen LogP contribution in [0.25, 0.3) is 0 Å². The summed E-state index contributed by atoms with van der Waals surface area (Å²) in [7, 11) is 0. The molecule has 21 heavy (non-hydrogen) atoms. The fourth-order valence-electron chi connectivity index (χ4n) is 2.94. The van der Waals surface area contributed by atoms with Crippen molar-refractivity contribution in [3.8, 4) is 0 Å². The van der Waals surface area contributed by atoms with Gasteiger partial charge in [0.25, 0.3) is 5.91 Å². The molecule has 0 radical (unpaired) electrons. The van der Waals surface area contributed by atoms with Crippen LogP contribution in [-0.4, -0.2) is 73.6 Å². The summed E-state index contributed by atoms with van der Waals surface area (Å²) in [5.41, 5.74) is 0. The highest BCUT2D eigenvalue weighted by molar-refractivity contribution is 5.81. The Labute approximate surface area is 125 Å². The Hall–Kier alpha value is -1.14. The number of nitrogens with one attached hydrogen (secondary N) is 1. The minimum Gasteiger partial charge on any atom is -0.368 e. The zero-order valence-electron chi connectivity index (χ0n) is 12.6. The van der Waals surface area contributed by atoms with E-state index in [4.69, 9.17) is 4.74 Å². The summed E-state index contributed by atoms with van der Waals surface area (Å²) in [4.78, 5) is 28.0. The fourth-order valence-corrected chi connectivity index (χ4v) is 2.94. The minimum absolute atomic E-state index is 0.112. The zero-order valence-corrected chi connectivity index (χ0v) is 12.6. The highest BCUT2D eigenvalue weighted by Gasteiger charge is 2.30. The summed E-state index contributed by atoms with van der Waals surface area (Å²) >= 11 is 0. The number of ether oxygens (including phenoxy) is 1. The first-order valence-electron chi connectivity index (χ1n) is 8.12. The molecule has 2 saturated heterocycles. The smallest absolute Gasteiger partial charge is 0.251 e. The topological polar surface area (TPSA) is 61.9 Å². The molecule has 1 aliphatic carbocycles. The number of hydrogen-bond acceptors (Lipinski definition) is 4. The van der Waals surface area contributed by atoms with Crippen molar-refractivity contribution in [3.05, 3.63) is 0 Å². The maximum Gasteiger partial charge on any atom is 0.251 e. The first-order chi connectivity index (χ1) is 10.2. The Morgan fingerprint density at radius 2 is 1.86 bits per heavy atom. The molecule has 118 valence electrons. The average molecular weight is 295 g/mol. The molecule has 0 aromatic carbocycles. The van der Waals surface area contributed by atoms with Gasteiger partial charge in [0.15, 0.2) is 0 Å². The number of nitrogens with zero attached hydrogens (tertiary/aromatic N) is 2. The molecule has 6 heteroatoms. The van der Waals surface area contributed by atoms with Crippen LogP contribution < -0.4 is 5.32 Å². The van der Waals surface area contributed by atoms with Gasteiger partial charge in [0, 0.05) is 39.3 Å². The molecule has 2 heterocycles. The summed E-state index contributed by atoms with van der Waals surface area (Å²) < 4.78 is 5.45. The summed E-state index contributed by atoms with van der Waals surface area (Å²) in [6, 6.07) is 0. The predicted octanol–water partition coefficient (Wildman–Crippen LogP) is -0.164. The number of carbonyl (C=O) groups excluding carboxylic acids is 2. The Balaban J connectivity index is 1.35. The maximum absolute atomic E-state index is 12.2. The van der Waals surface area contributed by atoms with Gasteiger partial charge in [-0.25, -0.2) is 0 Å². The standard InChI is InChI=1S/C15H25N3O3/c19-14(16-10-12-3-4-12)11-17-5-7-18(8-6-17)15(20)13-2-1-9-21-13/h12-13H,1-11H2,(H,16,19). The van der Waals surface area contributed by atoms with Gasteiger partial charge in [0.1, 0.15) is 6.10 Å². The average Bonchev–Trinajstić information content (AvgIpc) is 3.17. The van der Waals surface area contributed by atoms with E-state index in [1.165, 1.54) is 12.8 Å². The molecule has 2 aliphatic heterocycles. The van der Waals surface area contributed by atoms with E-state index in [0.29, 0.717) is 26.2 Å². The first kappa shape index (κ1) is 14.8. The van der Waals surface area contributed by atoms with Gasteiger partial charge in [-0.15, -0.1) is 0 Å². The van der Waals surface area contributed by atoms with Gasteiger partial charge in [-0.1, -0.05) is 0 Å². The molecule has 3 rings (SSSR count). The van der Waals surface area contributed by atoms with Crippen molar-refractivity contribution in [1.29, 1.82) is 0 Å². The number of hydrogen-bond donors (Lipinski definition) is 1. The molecule has 1 unspecified atom stereocenters. The second-order valence-electron chi connectivity index (χ2n) is 6.35. The Morgan fingerprint density at radius 1 is 1.10 bits per heavy atom. The lowest BCUT2D eigenvalue weighted by Gasteiger charge is -2.35. The van der Waals surface area contributed by atoms with Crippen molar-refractivity contribution in [2.75, 3.05) is 45.9 Å². The maximum atomic E-state index is 12.2. The van der Waals surface area contributed by atoms with E-state index in [1.54, 1.807) is 0 Å². The first-order valence-corrected chi connectivity index (χ1v) is 8.12. The summed E-state index contributed by atoms with van der Waals surface area (Å²) in [6.07, 6.45) is 4.12. The van der Waals surface area contributed by atoms with Crippen LogP contribution in [0.4, 0.5) is 0 Å². The molecule has 1 atom stereocenters. The molecular weight excluding hydrogens is 270 g/mol.